The molecule has 3 aromatic rings. The molecule has 150 valence electrons. The molecule has 1 amide bonds. The molecular weight excluding hydrogens is 390 g/mol. The zero-order chi connectivity index (χ0) is 20.5. The molecule has 1 N–H and O–H groups in total. The smallest absolute Gasteiger partial charge is 0.349 e. The molecule has 3 heterocycles. The SMILES string of the molecule is Cc1nc2sc(C(=O)O[C@H](C(=O)N3CCCC3)c3ccccc3)c(C)c2c(=O)[nH]1. The third-order valence-electron chi connectivity index (χ3n) is 5.07. The number of fused-ring (bicyclic) bond motifs is 1. The first-order valence-corrected chi connectivity index (χ1v) is 10.3. The van der Waals surface area contributed by atoms with Crippen LogP contribution in [-0.4, -0.2) is 39.8 Å². The van der Waals surface area contributed by atoms with Gasteiger partial charge in [0.15, 0.2) is 0 Å². The fraction of sp³-hybridized carbons (Fsp3) is 0.333. The Morgan fingerprint density at radius 3 is 2.55 bits per heavy atom. The van der Waals surface area contributed by atoms with Crippen molar-refractivity contribution in [3.8, 4) is 0 Å². The number of thiophene rings is 1. The Morgan fingerprint density at radius 2 is 1.86 bits per heavy atom. The van der Waals surface area contributed by atoms with Gasteiger partial charge in [-0.1, -0.05) is 30.3 Å². The van der Waals surface area contributed by atoms with E-state index in [1.807, 2.05) is 18.2 Å². The fourth-order valence-electron chi connectivity index (χ4n) is 3.60. The fourth-order valence-corrected chi connectivity index (χ4v) is 4.71. The second-order valence-electron chi connectivity index (χ2n) is 7.12. The summed E-state index contributed by atoms with van der Waals surface area (Å²) in [4.78, 5) is 47.8. The van der Waals surface area contributed by atoms with Gasteiger partial charge in [-0.25, -0.2) is 9.78 Å². The minimum absolute atomic E-state index is 0.215. The average molecular weight is 411 g/mol. The standard InChI is InChI=1S/C21H21N3O4S/c1-12-15-18(25)22-13(2)23-19(15)29-17(12)21(27)28-16(14-8-4-3-5-9-14)20(26)24-10-6-7-11-24/h3-5,8-9,16H,6-7,10-11H2,1-2H3,(H,22,23,25)/t16-/m0/s1. The van der Waals surface area contributed by atoms with Gasteiger partial charge in [-0.05, 0) is 32.3 Å². The number of aromatic amines is 1. The minimum atomic E-state index is -1.01. The lowest BCUT2D eigenvalue weighted by atomic mass is 10.1. The van der Waals surface area contributed by atoms with Crippen LogP contribution in [0.4, 0.5) is 0 Å². The van der Waals surface area contributed by atoms with Gasteiger partial charge in [0.25, 0.3) is 11.5 Å². The van der Waals surface area contributed by atoms with Gasteiger partial charge in [-0.2, -0.15) is 0 Å². The summed E-state index contributed by atoms with van der Waals surface area (Å²) in [5.74, 6) is -0.355. The molecule has 2 aromatic heterocycles. The molecule has 1 aromatic carbocycles. The highest BCUT2D eigenvalue weighted by Gasteiger charge is 2.32. The molecule has 1 saturated heterocycles. The molecule has 0 radical (unpaired) electrons. The molecule has 1 fully saturated rings. The summed E-state index contributed by atoms with van der Waals surface area (Å²) in [6.45, 7) is 4.72. The van der Waals surface area contributed by atoms with Crippen LogP contribution in [0.5, 0.6) is 0 Å². The Bertz CT molecular complexity index is 1130. The number of carbonyl (C=O) groups excluding carboxylic acids is 2. The largest absolute Gasteiger partial charge is 0.443 e. The number of carbonyl (C=O) groups is 2. The monoisotopic (exact) mass is 411 g/mol. The number of amides is 1. The number of nitrogens with zero attached hydrogens (tertiary/aromatic N) is 2. The summed E-state index contributed by atoms with van der Waals surface area (Å²) in [6.07, 6.45) is 0.883. The van der Waals surface area contributed by atoms with Gasteiger partial charge in [-0.3, -0.25) is 9.59 Å². The minimum Gasteiger partial charge on any atom is -0.443 e. The average Bonchev–Trinajstić information content (AvgIpc) is 3.34. The Hall–Kier alpha value is -3.00. The lowest BCUT2D eigenvalue weighted by molar-refractivity contribution is -0.140. The Morgan fingerprint density at radius 1 is 1.17 bits per heavy atom. The number of hydrogen-bond donors (Lipinski definition) is 1. The summed E-state index contributed by atoms with van der Waals surface area (Å²) in [7, 11) is 0. The van der Waals surface area contributed by atoms with E-state index in [9.17, 15) is 14.4 Å². The first-order chi connectivity index (χ1) is 14.0. The number of nitrogens with one attached hydrogen (secondary N) is 1. The van der Waals surface area contributed by atoms with Crippen molar-refractivity contribution in [1.29, 1.82) is 0 Å². The van der Waals surface area contributed by atoms with Gasteiger partial charge in [0.05, 0.1) is 5.39 Å². The maximum atomic E-state index is 13.1. The van der Waals surface area contributed by atoms with Crippen LogP contribution in [0.3, 0.4) is 0 Å². The van der Waals surface area contributed by atoms with Crippen LogP contribution in [0.15, 0.2) is 35.1 Å². The number of ether oxygens (including phenoxy) is 1. The van der Waals surface area contributed by atoms with E-state index in [0.717, 1.165) is 24.2 Å². The van der Waals surface area contributed by atoms with E-state index >= 15 is 0 Å². The summed E-state index contributed by atoms with van der Waals surface area (Å²) in [5, 5.41) is 0.384. The summed E-state index contributed by atoms with van der Waals surface area (Å²) in [5.41, 5.74) is 0.862. The molecule has 0 saturated carbocycles. The first kappa shape index (κ1) is 19.3. The van der Waals surface area contributed by atoms with Gasteiger partial charge in [0.1, 0.15) is 15.5 Å². The lowest BCUT2D eigenvalue weighted by Gasteiger charge is -2.23. The zero-order valence-corrected chi connectivity index (χ0v) is 17.0. The quantitative estimate of drug-likeness (QED) is 0.666. The maximum Gasteiger partial charge on any atom is 0.349 e. The van der Waals surface area contributed by atoms with Gasteiger partial charge < -0.3 is 14.6 Å². The van der Waals surface area contributed by atoms with Crippen LogP contribution in [-0.2, 0) is 9.53 Å². The van der Waals surface area contributed by atoms with Gasteiger partial charge in [0, 0.05) is 18.7 Å². The van der Waals surface area contributed by atoms with Crippen LogP contribution in [0.1, 0.15) is 45.6 Å². The molecule has 1 aliphatic rings. The van der Waals surface area contributed by atoms with Crippen molar-refractivity contribution in [2.24, 2.45) is 0 Å². The number of rotatable bonds is 4. The van der Waals surface area contributed by atoms with Gasteiger partial charge in [0.2, 0.25) is 6.10 Å². The number of likely N-dealkylation sites (tertiary alicyclic amines) is 1. The first-order valence-electron chi connectivity index (χ1n) is 9.50. The number of aromatic nitrogens is 2. The third kappa shape index (κ3) is 3.67. The van der Waals surface area contributed by atoms with Crippen LogP contribution in [0, 0.1) is 13.8 Å². The Kier molecular flexibility index (Phi) is 5.19. The second kappa shape index (κ2) is 7.79. The lowest BCUT2D eigenvalue weighted by Crippen LogP contribution is -2.34. The molecule has 1 aliphatic heterocycles. The van der Waals surface area contributed by atoms with Gasteiger partial charge in [-0.15, -0.1) is 11.3 Å². The summed E-state index contributed by atoms with van der Waals surface area (Å²) in [6, 6.07) is 9.02. The number of H-pyrrole nitrogens is 1. The highest BCUT2D eigenvalue weighted by atomic mass is 32.1. The second-order valence-corrected chi connectivity index (χ2v) is 8.12. The van der Waals surface area contributed by atoms with Crippen LogP contribution < -0.4 is 5.56 Å². The molecule has 1 atom stereocenters. The highest BCUT2D eigenvalue weighted by molar-refractivity contribution is 7.20. The van der Waals surface area contributed by atoms with E-state index < -0.39 is 12.1 Å². The number of hydrogen-bond acceptors (Lipinski definition) is 6. The predicted molar refractivity (Wildman–Crippen MR) is 110 cm³/mol. The molecule has 0 bridgehead atoms. The van der Waals surface area contributed by atoms with Crippen molar-refractivity contribution in [3.05, 3.63) is 62.5 Å². The number of esters is 1. The van der Waals surface area contributed by atoms with Crippen LogP contribution in [0.2, 0.25) is 0 Å². The molecule has 0 unspecified atom stereocenters. The number of aryl methyl sites for hydroxylation is 2. The molecule has 4 rings (SSSR count). The molecule has 0 spiro atoms. The van der Waals surface area contributed by atoms with Crippen molar-refractivity contribution < 1.29 is 14.3 Å². The highest BCUT2D eigenvalue weighted by Crippen LogP contribution is 2.30. The molecular formula is C21H21N3O4S. The van der Waals surface area contributed by atoms with Crippen LogP contribution in [0.25, 0.3) is 10.2 Å². The zero-order valence-electron chi connectivity index (χ0n) is 16.2. The molecule has 29 heavy (non-hydrogen) atoms. The van der Waals surface area contributed by atoms with Crippen molar-refractivity contribution in [2.75, 3.05) is 13.1 Å². The topological polar surface area (TPSA) is 92.4 Å². The molecule has 0 aliphatic carbocycles. The van der Waals surface area contributed by atoms with Gasteiger partial charge >= 0.3 is 5.97 Å². The maximum absolute atomic E-state index is 13.1. The van der Waals surface area contributed by atoms with E-state index in [-0.39, 0.29) is 11.5 Å². The van der Waals surface area contributed by atoms with Crippen LogP contribution >= 0.6 is 11.3 Å². The molecule has 7 nitrogen and oxygen atoms in total. The summed E-state index contributed by atoms with van der Waals surface area (Å²) < 4.78 is 5.72. The van der Waals surface area contributed by atoms with Crippen molar-refractivity contribution in [1.82, 2.24) is 14.9 Å². The normalized spacial score (nSPS) is 14.9. The third-order valence-corrected chi connectivity index (χ3v) is 6.24. The van der Waals surface area contributed by atoms with E-state index in [4.69, 9.17) is 4.74 Å². The van der Waals surface area contributed by atoms with Crippen molar-refractivity contribution >= 4 is 33.4 Å². The molecule has 8 heteroatoms. The van der Waals surface area contributed by atoms with Crippen molar-refractivity contribution in [3.63, 3.8) is 0 Å². The van der Waals surface area contributed by atoms with E-state index in [1.54, 1.807) is 30.9 Å². The van der Waals surface area contributed by atoms with Crippen molar-refractivity contribution in [2.45, 2.75) is 32.8 Å². The van der Waals surface area contributed by atoms with E-state index in [1.165, 1.54) is 0 Å². The predicted octanol–water partition coefficient (Wildman–Crippen LogP) is 3.12. The Balaban J connectivity index is 1.69. The van der Waals surface area contributed by atoms with E-state index in [2.05, 4.69) is 9.97 Å². The summed E-state index contributed by atoms with van der Waals surface area (Å²) >= 11 is 1.11. The van der Waals surface area contributed by atoms with E-state index in [0.29, 0.717) is 45.1 Å². The Labute approximate surface area is 171 Å². The number of benzene rings is 1.